The fourth-order valence-corrected chi connectivity index (χ4v) is 3.74. The Balaban J connectivity index is 3.05. The second-order valence-electron chi connectivity index (χ2n) is 6.78. The Morgan fingerprint density at radius 2 is 1.20 bits per heavy atom. The minimum Gasteiger partial charge on any atom is -0.296 e. The van der Waals surface area contributed by atoms with Crippen LogP contribution in [0.15, 0.2) is 0 Å². The van der Waals surface area contributed by atoms with Crippen molar-refractivity contribution in [3.05, 3.63) is 0 Å². The molecule has 0 aromatic rings. The second-order valence-corrected chi connectivity index (χ2v) is 6.78. The molecule has 1 aliphatic rings. The van der Waals surface area contributed by atoms with Crippen LogP contribution < -0.4 is 0 Å². The third-order valence-corrected chi connectivity index (χ3v) is 4.86. The fourth-order valence-electron chi connectivity index (χ4n) is 3.74. The van der Waals surface area contributed by atoms with E-state index in [-0.39, 0.29) is 0 Å². The molecule has 1 heterocycles. The molecule has 0 spiro atoms. The zero-order valence-electron chi connectivity index (χ0n) is 11.8. The van der Waals surface area contributed by atoms with Gasteiger partial charge in [0.2, 0.25) is 0 Å². The van der Waals surface area contributed by atoms with E-state index in [1.165, 1.54) is 25.7 Å². The van der Waals surface area contributed by atoms with Crippen LogP contribution in [0.25, 0.3) is 0 Å². The number of hydrogen-bond donors (Lipinski definition) is 0. The Hall–Kier alpha value is -0.0400. The number of rotatable bonds is 2. The summed E-state index contributed by atoms with van der Waals surface area (Å²) < 4.78 is 0. The van der Waals surface area contributed by atoms with Crippen molar-refractivity contribution in [2.75, 3.05) is 7.05 Å². The first-order valence-electron chi connectivity index (χ1n) is 6.43. The third-order valence-electron chi connectivity index (χ3n) is 4.86. The third kappa shape index (κ3) is 2.22. The van der Waals surface area contributed by atoms with Gasteiger partial charge >= 0.3 is 0 Å². The molecule has 1 heteroatoms. The van der Waals surface area contributed by atoms with Crippen LogP contribution in [0.4, 0.5) is 0 Å². The molecule has 0 bridgehead atoms. The SMILES string of the molecule is CCC1(C)CC(C)(C)CC(C)(CC)N1C. The number of likely N-dealkylation sites (tertiary alicyclic amines) is 1. The summed E-state index contributed by atoms with van der Waals surface area (Å²) in [6.07, 6.45) is 5.15. The average molecular weight is 211 g/mol. The van der Waals surface area contributed by atoms with Crippen LogP contribution in [0, 0.1) is 5.41 Å². The molecule has 90 valence electrons. The van der Waals surface area contributed by atoms with Crippen molar-refractivity contribution >= 4 is 0 Å². The van der Waals surface area contributed by atoms with Gasteiger partial charge in [-0.25, -0.2) is 0 Å². The molecule has 0 aliphatic carbocycles. The molecule has 1 saturated heterocycles. The lowest BCUT2D eigenvalue weighted by Crippen LogP contribution is -2.62. The molecule has 0 saturated carbocycles. The normalized spacial score (nSPS) is 41.8. The summed E-state index contributed by atoms with van der Waals surface area (Å²) >= 11 is 0. The highest BCUT2D eigenvalue weighted by Crippen LogP contribution is 2.49. The van der Waals surface area contributed by atoms with Gasteiger partial charge in [0.25, 0.3) is 0 Å². The minimum atomic E-state index is 0.381. The van der Waals surface area contributed by atoms with Crippen LogP contribution >= 0.6 is 0 Å². The summed E-state index contributed by atoms with van der Waals surface area (Å²) in [5.41, 5.74) is 1.25. The van der Waals surface area contributed by atoms with Crippen LogP contribution in [-0.4, -0.2) is 23.0 Å². The Morgan fingerprint density at radius 3 is 1.47 bits per heavy atom. The van der Waals surface area contributed by atoms with Crippen LogP contribution in [0.5, 0.6) is 0 Å². The zero-order chi connectivity index (χ0) is 11.9. The van der Waals surface area contributed by atoms with Crippen molar-refractivity contribution in [3.8, 4) is 0 Å². The van der Waals surface area contributed by atoms with E-state index in [2.05, 4.69) is 53.5 Å². The highest BCUT2D eigenvalue weighted by atomic mass is 15.2. The minimum absolute atomic E-state index is 0.381. The average Bonchev–Trinajstić information content (AvgIpc) is 2.13. The van der Waals surface area contributed by atoms with Gasteiger partial charge < -0.3 is 0 Å². The lowest BCUT2D eigenvalue weighted by atomic mass is 9.64. The molecule has 1 rings (SSSR count). The van der Waals surface area contributed by atoms with Crippen molar-refractivity contribution in [1.29, 1.82) is 0 Å². The van der Waals surface area contributed by atoms with Crippen molar-refractivity contribution < 1.29 is 0 Å². The van der Waals surface area contributed by atoms with Crippen LogP contribution in [0.2, 0.25) is 0 Å². The molecule has 1 aliphatic heterocycles. The first kappa shape index (κ1) is 13.0. The van der Waals surface area contributed by atoms with Crippen LogP contribution in [0.1, 0.15) is 67.2 Å². The molecule has 15 heavy (non-hydrogen) atoms. The number of nitrogens with zero attached hydrogens (tertiary/aromatic N) is 1. The Morgan fingerprint density at radius 1 is 0.867 bits per heavy atom. The van der Waals surface area contributed by atoms with Crippen molar-refractivity contribution in [2.45, 2.75) is 78.3 Å². The molecule has 0 amide bonds. The predicted molar refractivity (Wildman–Crippen MR) is 68.2 cm³/mol. The first-order chi connectivity index (χ1) is 6.69. The standard InChI is InChI=1S/C14H29N/c1-8-13(5)10-12(3,4)11-14(6,9-2)15(13)7/h8-11H2,1-7H3. The Labute approximate surface area is 96.2 Å². The lowest BCUT2D eigenvalue weighted by Gasteiger charge is -2.59. The van der Waals surface area contributed by atoms with E-state index in [9.17, 15) is 0 Å². The molecule has 0 aromatic heterocycles. The van der Waals surface area contributed by atoms with Crippen LogP contribution in [-0.2, 0) is 0 Å². The largest absolute Gasteiger partial charge is 0.296 e. The molecule has 1 fully saturated rings. The smallest absolute Gasteiger partial charge is 0.0186 e. The molecule has 1 nitrogen and oxygen atoms in total. The summed E-state index contributed by atoms with van der Waals surface area (Å²) in [5, 5.41) is 0. The summed E-state index contributed by atoms with van der Waals surface area (Å²) in [5.74, 6) is 0. The molecule has 2 atom stereocenters. The van der Waals surface area contributed by atoms with Crippen molar-refractivity contribution in [2.24, 2.45) is 5.41 Å². The monoisotopic (exact) mass is 211 g/mol. The quantitative estimate of drug-likeness (QED) is 0.665. The van der Waals surface area contributed by atoms with Gasteiger partial charge in [0.05, 0.1) is 0 Å². The molecule has 2 unspecified atom stereocenters. The number of piperidine rings is 1. The Kier molecular flexibility index (Phi) is 3.27. The van der Waals surface area contributed by atoms with E-state index in [1.54, 1.807) is 0 Å². The van der Waals surface area contributed by atoms with Gasteiger partial charge in [0.15, 0.2) is 0 Å². The van der Waals surface area contributed by atoms with Crippen molar-refractivity contribution in [3.63, 3.8) is 0 Å². The van der Waals surface area contributed by atoms with E-state index in [0.29, 0.717) is 16.5 Å². The highest BCUT2D eigenvalue weighted by Gasteiger charge is 2.48. The van der Waals surface area contributed by atoms with E-state index < -0.39 is 0 Å². The maximum Gasteiger partial charge on any atom is 0.0186 e. The van der Waals surface area contributed by atoms with E-state index >= 15 is 0 Å². The van der Waals surface area contributed by atoms with Gasteiger partial charge in [-0.3, -0.25) is 4.90 Å². The number of hydrogen-bond acceptors (Lipinski definition) is 1. The maximum absolute atomic E-state index is 2.64. The van der Waals surface area contributed by atoms with E-state index in [0.717, 1.165) is 0 Å². The van der Waals surface area contributed by atoms with Crippen LogP contribution in [0.3, 0.4) is 0 Å². The topological polar surface area (TPSA) is 3.24 Å². The highest BCUT2D eigenvalue weighted by molar-refractivity contribution is 5.04. The second kappa shape index (κ2) is 3.76. The zero-order valence-corrected chi connectivity index (χ0v) is 11.8. The summed E-state index contributed by atoms with van der Waals surface area (Å²) in [4.78, 5) is 2.64. The Bertz CT molecular complexity index is 211. The van der Waals surface area contributed by atoms with Gasteiger partial charge in [0, 0.05) is 11.1 Å². The molecule has 0 radical (unpaired) electrons. The summed E-state index contributed by atoms with van der Waals surface area (Å²) in [7, 11) is 2.32. The van der Waals surface area contributed by atoms with E-state index in [1.807, 2.05) is 0 Å². The fraction of sp³-hybridized carbons (Fsp3) is 1.00. The maximum atomic E-state index is 2.64. The summed E-state index contributed by atoms with van der Waals surface area (Å²) in [6, 6.07) is 0. The van der Waals surface area contributed by atoms with Gasteiger partial charge in [-0.2, -0.15) is 0 Å². The predicted octanol–water partition coefficient (Wildman–Crippen LogP) is 4.08. The van der Waals surface area contributed by atoms with Gasteiger partial charge in [-0.05, 0) is 52.0 Å². The molecular weight excluding hydrogens is 182 g/mol. The van der Waals surface area contributed by atoms with Gasteiger partial charge in [-0.15, -0.1) is 0 Å². The van der Waals surface area contributed by atoms with Gasteiger partial charge in [-0.1, -0.05) is 27.7 Å². The molecule has 0 N–H and O–H groups in total. The molecular formula is C14H29N. The molecule has 0 aromatic carbocycles. The lowest BCUT2D eigenvalue weighted by molar-refractivity contribution is -0.0803. The first-order valence-corrected chi connectivity index (χ1v) is 6.43. The van der Waals surface area contributed by atoms with E-state index in [4.69, 9.17) is 0 Å². The summed E-state index contributed by atoms with van der Waals surface area (Å²) in [6.45, 7) is 14.4. The van der Waals surface area contributed by atoms with Crippen molar-refractivity contribution in [1.82, 2.24) is 4.90 Å². The van der Waals surface area contributed by atoms with Gasteiger partial charge in [0.1, 0.15) is 0 Å².